The summed E-state index contributed by atoms with van der Waals surface area (Å²) in [5.41, 5.74) is 0. The molecule has 0 aromatic heterocycles. The number of rotatable bonds is 10. The topological polar surface area (TPSA) is 325 Å². The van der Waals surface area contributed by atoms with Crippen LogP contribution in [0, 0.1) is 17.8 Å². The van der Waals surface area contributed by atoms with Gasteiger partial charge < -0.3 is 24.4 Å². The number of ether oxygens (including phenoxy) is 3. The minimum Gasteiger partial charge on any atom is -0.479 e. The summed E-state index contributed by atoms with van der Waals surface area (Å²) in [7, 11) is -15.4. The zero-order valence-electron chi connectivity index (χ0n) is 18.9. The van der Waals surface area contributed by atoms with Gasteiger partial charge in [0.2, 0.25) is 0 Å². The Morgan fingerprint density at radius 3 is 2.21 bits per heavy atom. The lowest BCUT2D eigenvalue weighted by molar-refractivity contribution is -0.285. The molecule has 2 heterocycles. The summed E-state index contributed by atoms with van der Waals surface area (Å²) >= 11 is 0. The quantitative estimate of drug-likeness (QED) is 0.0519. The molecule has 8 atom stereocenters. The van der Waals surface area contributed by atoms with Gasteiger partial charge in [-0.05, 0) is 6.42 Å². The Labute approximate surface area is 219 Å². The number of carbonyl (C=O) groups is 2. The van der Waals surface area contributed by atoms with Gasteiger partial charge in [0.25, 0.3) is 0 Å². The zero-order chi connectivity index (χ0) is 29.8. The fourth-order valence-electron chi connectivity index (χ4n) is 3.51. The van der Waals surface area contributed by atoms with E-state index in [2.05, 4.69) is 19.2 Å². The second-order valence-corrected chi connectivity index (χ2v) is 11.0. The first-order valence-electron chi connectivity index (χ1n) is 10.0. The van der Waals surface area contributed by atoms with Crippen LogP contribution in [0.4, 0.5) is 0 Å². The number of aliphatic hydroxyl groups excluding tert-OH is 1. The van der Waals surface area contributed by atoms with E-state index < -0.39 is 111 Å². The van der Waals surface area contributed by atoms with Crippen molar-refractivity contribution in [3.05, 3.63) is 0 Å². The van der Waals surface area contributed by atoms with Crippen LogP contribution in [0.25, 0.3) is 0 Å². The van der Waals surface area contributed by atoms with Crippen molar-refractivity contribution in [2.24, 2.45) is 5.92 Å². The number of hydrogen-bond donors (Lipinski definition) is 7. The molecule has 2 rings (SSSR count). The summed E-state index contributed by atoms with van der Waals surface area (Å²) in [4.78, 5) is 26.3. The van der Waals surface area contributed by atoms with E-state index in [0.29, 0.717) is 0 Å². The largest absolute Gasteiger partial charge is 0.479 e. The van der Waals surface area contributed by atoms with Crippen LogP contribution in [0.1, 0.15) is 6.42 Å². The van der Waals surface area contributed by atoms with Crippen molar-refractivity contribution in [1.82, 2.24) is 4.72 Å². The van der Waals surface area contributed by atoms with Gasteiger partial charge in [0, 0.05) is 11.8 Å². The van der Waals surface area contributed by atoms with Gasteiger partial charge in [-0.15, -0.1) is 0 Å². The highest BCUT2D eigenvalue weighted by Crippen LogP contribution is 2.31. The number of carboxylic acid groups (broad SMARTS) is 1. The number of aliphatic hydroxyl groups is 1. The molecular formula is C15H21NO20S3. The first-order chi connectivity index (χ1) is 17.8. The molecular weight excluding hydrogens is 610 g/mol. The summed E-state index contributed by atoms with van der Waals surface area (Å²) in [5.74, 6) is -1.02. The first-order valence-corrected chi connectivity index (χ1v) is 14.2. The molecule has 224 valence electrons. The lowest BCUT2D eigenvalue weighted by Gasteiger charge is -2.44. The molecule has 0 amide bonds. The third-order valence-corrected chi connectivity index (χ3v) is 6.43. The highest BCUT2D eigenvalue weighted by atomic mass is 32.3. The maximum Gasteiger partial charge on any atom is 0.416 e. The number of nitrogens with one attached hydrogen (secondary N) is 1. The normalized spacial score (nSPS) is 32.0. The number of hydrogen-bond acceptors (Lipinski definition) is 16. The van der Waals surface area contributed by atoms with Crippen LogP contribution in [0.3, 0.4) is 0 Å². The Morgan fingerprint density at radius 2 is 1.69 bits per heavy atom. The predicted molar refractivity (Wildman–Crippen MR) is 114 cm³/mol. The first kappa shape index (κ1) is 33.1. The van der Waals surface area contributed by atoms with E-state index in [1.54, 1.807) is 10.6 Å². The van der Waals surface area contributed by atoms with E-state index in [-0.39, 0.29) is 0 Å². The van der Waals surface area contributed by atoms with Crippen LogP contribution in [0.15, 0.2) is 0 Å². The average molecular weight is 632 g/mol. The number of carbonyl (C=O) groups excluding carboxylic acids is 1. The van der Waals surface area contributed by atoms with E-state index in [9.17, 15) is 49.6 Å². The minimum absolute atomic E-state index is 0.533. The van der Waals surface area contributed by atoms with Crippen LogP contribution >= 0.6 is 0 Å². The molecule has 2 saturated heterocycles. The van der Waals surface area contributed by atoms with Gasteiger partial charge >= 0.3 is 43.0 Å². The van der Waals surface area contributed by atoms with Gasteiger partial charge in [-0.3, -0.25) is 18.5 Å². The van der Waals surface area contributed by atoms with Crippen molar-refractivity contribution in [2.75, 3.05) is 13.2 Å². The Balaban J connectivity index is 2.51. The van der Waals surface area contributed by atoms with E-state index in [1.165, 1.54) is 0 Å². The van der Waals surface area contributed by atoms with E-state index in [1.807, 2.05) is 0 Å². The molecule has 0 aliphatic carbocycles. The average Bonchev–Trinajstić information content (AvgIpc) is 2.77. The van der Waals surface area contributed by atoms with Crippen LogP contribution < -0.4 is 4.72 Å². The van der Waals surface area contributed by atoms with Crippen LogP contribution in [0.2, 0.25) is 0 Å². The maximum atomic E-state index is 11.7. The Kier molecular flexibility index (Phi) is 11.1. The maximum absolute atomic E-state index is 11.7. The van der Waals surface area contributed by atoms with Gasteiger partial charge in [0.05, 0.1) is 25.4 Å². The Morgan fingerprint density at radius 1 is 1.05 bits per heavy atom. The van der Waals surface area contributed by atoms with Crippen molar-refractivity contribution in [3.8, 4) is 11.8 Å². The smallest absolute Gasteiger partial charge is 0.416 e. The molecule has 39 heavy (non-hydrogen) atoms. The standard InChI is InChI=1S/C15H21NO20S3/c17-9(35-21)2-1-6-3-7(4-32-38(25,26)27)33-15(10(6)16-37(22,23)24)34-12-11(18)8(36-39(28,29)30)5-31-13(12)14(19)20/h6-8,10-13,15-16,18,21H,3-5H2,(H,19,20)(H,22,23,24)(H,25,26,27)(H,28,29,30)/t6-,7?,8?,10?,11+,12-,13?,15+/m1/s1. The SMILES string of the molecule is O=C(C#C[C@@H]1CC(COS(=O)(=O)O)O[C@@H](O[C@H]2C(C(=O)O)OCC(OS(=O)(=O)O)[C@@H]2O)C1NS(=O)(=O)O)OO. The van der Waals surface area contributed by atoms with Crippen molar-refractivity contribution in [3.63, 3.8) is 0 Å². The zero-order valence-corrected chi connectivity index (χ0v) is 21.3. The lowest BCUT2D eigenvalue weighted by Crippen LogP contribution is -2.62. The van der Waals surface area contributed by atoms with Gasteiger partial charge in [-0.1, -0.05) is 5.92 Å². The molecule has 2 fully saturated rings. The molecule has 2 aliphatic heterocycles. The Bertz CT molecular complexity index is 1280. The molecule has 4 unspecified atom stereocenters. The molecule has 0 aromatic rings. The van der Waals surface area contributed by atoms with E-state index in [4.69, 9.17) is 28.6 Å². The molecule has 0 saturated carbocycles. The van der Waals surface area contributed by atoms with Gasteiger partial charge in [-0.2, -0.15) is 35.2 Å². The summed E-state index contributed by atoms with van der Waals surface area (Å²) in [5, 5.41) is 28.4. The van der Waals surface area contributed by atoms with Crippen molar-refractivity contribution in [1.29, 1.82) is 0 Å². The van der Waals surface area contributed by atoms with Crippen molar-refractivity contribution < 1.29 is 91.4 Å². The predicted octanol–water partition coefficient (Wildman–Crippen LogP) is -4.26. The summed E-state index contributed by atoms with van der Waals surface area (Å²) < 4.78 is 120. The highest BCUT2D eigenvalue weighted by Gasteiger charge is 2.50. The summed E-state index contributed by atoms with van der Waals surface area (Å²) in [6, 6.07) is -1.90. The molecule has 24 heteroatoms. The molecule has 0 aromatic carbocycles. The Hall–Kier alpha value is -2.09. The fourth-order valence-corrected chi connectivity index (χ4v) is 4.93. The van der Waals surface area contributed by atoms with E-state index >= 15 is 0 Å². The number of aliphatic carboxylic acids is 1. The monoisotopic (exact) mass is 631 g/mol. The van der Waals surface area contributed by atoms with Crippen LogP contribution in [-0.2, 0) is 68.2 Å². The molecule has 7 N–H and O–H groups in total. The molecule has 2 aliphatic rings. The molecule has 0 bridgehead atoms. The van der Waals surface area contributed by atoms with Gasteiger partial charge in [0.15, 0.2) is 12.4 Å². The van der Waals surface area contributed by atoms with Crippen LogP contribution in [0.5, 0.6) is 0 Å². The van der Waals surface area contributed by atoms with Gasteiger partial charge in [-0.25, -0.2) is 18.0 Å². The third-order valence-electron chi connectivity index (χ3n) is 4.94. The lowest BCUT2D eigenvalue weighted by atomic mass is 9.90. The minimum atomic E-state index is -5.22. The molecule has 21 nitrogen and oxygen atoms in total. The fraction of sp³-hybridized carbons (Fsp3) is 0.733. The van der Waals surface area contributed by atoms with E-state index in [0.717, 1.165) is 0 Å². The molecule has 0 radical (unpaired) electrons. The summed E-state index contributed by atoms with van der Waals surface area (Å²) in [6.07, 6.45) is -12.7. The van der Waals surface area contributed by atoms with Gasteiger partial charge in [0.1, 0.15) is 18.3 Å². The van der Waals surface area contributed by atoms with Crippen LogP contribution in [-0.4, -0.2) is 122 Å². The highest BCUT2D eigenvalue weighted by molar-refractivity contribution is 7.83. The number of carboxylic acids is 1. The summed E-state index contributed by atoms with van der Waals surface area (Å²) in [6.45, 7) is -1.90. The third kappa shape index (κ3) is 10.8. The second kappa shape index (κ2) is 13.0. The van der Waals surface area contributed by atoms with Crippen molar-refractivity contribution >= 4 is 43.0 Å². The van der Waals surface area contributed by atoms with Crippen molar-refractivity contribution in [2.45, 2.75) is 49.3 Å². The molecule has 0 spiro atoms. The second-order valence-electron chi connectivity index (χ2n) is 7.69.